The summed E-state index contributed by atoms with van der Waals surface area (Å²) in [6.45, 7) is 6.11. The van der Waals surface area contributed by atoms with Crippen LogP contribution in [0.5, 0.6) is 0 Å². The van der Waals surface area contributed by atoms with E-state index >= 15 is 0 Å². The van der Waals surface area contributed by atoms with Gasteiger partial charge in [-0.2, -0.15) is 0 Å². The van der Waals surface area contributed by atoms with Crippen molar-refractivity contribution in [2.24, 2.45) is 0 Å². The molecule has 0 fully saturated rings. The lowest BCUT2D eigenvalue weighted by Crippen LogP contribution is -2.30. The monoisotopic (exact) mass is 418 g/mol. The highest BCUT2D eigenvalue weighted by Crippen LogP contribution is 1.94. The van der Waals surface area contributed by atoms with Crippen molar-refractivity contribution in [1.29, 1.82) is 0 Å². The smallest absolute Gasteiger partial charge is 0.307 e. The fourth-order valence-electron chi connectivity index (χ4n) is 2.20. The molecule has 172 valence electrons. The molecule has 0 unspecified atom stereocenters. The molecule has 0 aliphatic rings. The molecule has 9 heteroatoms. The van der Waals surface area contributed by atoms with E-state index in [0.717, 1.165) is 26.2 Å². The number of rotatable bonds is 18. The van der Waals surface area contributed by atoms with Crippen molar-refractivity contribution in [2.45, 2.75) is 12.8 Å². The fourth-order valence-corrected chi connectivity index (χ4v) is 2.20. The predicted octanol–water partition coefficient (Wildman–Crippen LogP) is -0.144. The molecule has 0 aromatic carbocycles. The maximum atomic E-state index is 11.7. The van der Waals surface area contributed by atoms with Crippen LogP contribution in [0.25, 0.3) is 0 Å². The summed E-state index contributed by atoms with van der Waals surface area (Å²) in [6.07, 6.45) is 0.731. The average molecular weight is 419 g/mol. The second-order valence-corrected chi connectivity index (χ2v) is 7.77. The van der Waals surface area contributed by atoms with Crippen LogP contribution in [0.3, 0.4) is 0 Å². The van der Waals surface area contributed by atoms with Crippen molar-refractivity contribution in [3.05, 3.63) is 0 Å². The highest BCUT2D eigenvalue weighted by atomic mass is 16.6. The summed E-state index contributed by atoms with van der Waals surface area (Å²) in [5, 5.41) is 0. The molecule has 0 saturated heterocycles. The van der Waals surface area contributed by atoms with E-state index < -0.39 is 0 Å². The summed E-state index contributed by atoms with van der Waals surface area (Å²) < 4.78 is 15.6. The summed E-state index contributed by atoms with van der Waals surface area (Å²) in [6, 6.07) is 0. The maximum absolute atomic E-state index is 11.7. The van der Waals surface area contributed by atoms with E-state index in [1.807, 2.05) is 42.3 Å². The Morgan fingerprint density at radius 3 is 1.28 bits per heavy atom. The molecule has 0 amide bonds. The van der Waals surface area contributed by atoms with E-state index in [-0.39, 0.29) is 25.2 Å². The van der Waals surface area contributed by atoms with Crippen molar-refractivity contribution >= 4 is 11.9 Å². The van der Waals surface area contributed by atoms with Crippen LogP contribution < -0.4 is 0 Å². The zero-order chi connectivity index (χ0) is 22.1. The molecule has 0 heterocycles. The molecule has 0 bridgehead atoms. The number of hydrogen-bond donors (Lipinski definition) is 0. The standard InChI is InChI=1S/C20H42N4O5/c1-21(2)11-13-23(5)9-7-19(25)28-17-15-27-16-18-29-20(26)8-10-24(6)14-12-22(3)4/h7-18H2,1-6H3. The van der Waals surface area contributed by atoms with Gasteiger partial charge < -0.3 is 33.8 Å². The molecule has 0 aromatic rings. The number of carbonyl (C=O) groups is 2. The minimum Gasteiger partial charge on any atom is -0.463 e. The molecule has 29 heavy (non-hydrogen) atoms. The molecule has 0 radical (unpaired) electrons. The Labute approximate surface area is 176 Å². The largest absolute Gasteiger partial charge is 0.463 e. The van der Waals surface area contributed by atoms with E-state index in [1.165, 1.54) is 0 Å². The lowest BCUT2D eigenvalue weighted by Gasteiger charge is -2.18. The number of likely N-dealkylation sites (N-methyl/N-ethyl adjacent to an activating group) is 4. The van der Waals surface area contributed by atoms with Crippen LogP contribution in [0.2, 0.25) is 0 Å². The van der Waals surface area contributed by atoms with E-state index in [1.54, 1.807) is 0 Å². The number of carbonyl (C=O) groups excluding carboxylic acids is 2. The van der Waals surface area contributed by atoms with Crippen molar-refractivity contribution < 1.29 is 23.8 Å². The zero-order valence-electron chi connectivity index (χ0n) is 19.3. The third-order valence-corrected chi connectivity index (χ3v) is 4.23. The van der Waals surface area contributed by atoms with Gasteiger partial charge in [0.2, 0.25) is 0 Å². The van der Waals surface area contributed by atoms with Crippen LogP contribution in [0, 0.1) is 0 Å². The van der Waals surface area contributed by atoms with Gasteiger partial charge in [-0.25, -0.2) is 0 Å². The van der Waals surface area contributed by atoms with Crippen LogP contribution in [-0.2, 0) is 23.8 Å². The van der Waals surface area contributed by atoms with Crippen molar-refractivity contribution in [1.82, 2.24) is 19.6 Å². The highest BCUT2D eigenvalue weighted by molar-refractivity contribution is 5.69. The van der Waals surface area contributed by atoms with Gasteiger partial charge in [-0.05, 0) is 42.3 Å². The van der Waals surface area contributed by atoms with Crippen molar-refractivity contribution in [3.8, 4) is 0 Å². The molecule has 0 atom stereocenters. The normalized spacial score (nSPS) is 11.7. The molecule has 0 aliphatic heterocycles. The van der Waals surface area contributed by atoms with Gasteiger partial charge in [0.15, 0.2) is 0 Å². The zero-order valence-corrected chi connectivity index (χ0v) is 19.3. The molecule has 0 saturated carbocycles. The van der Waals surface area contributed by atoms with Crippen molar-refractivity contribution in [3.63, 3.8) is 0 Å². The van der Waals surface area contributed by atoms with E-state index in [9.17, 15) is 9.59 Å². The number of ether oxygens (including phenoxy) is 3. The average Bonchev–Trinajstić information content (AvgIpc) is 2.66. The Morgan fingerprint density at radius 2 is 0.931 bits per heavy atom. The first-order valence-electron chi connectivity index (χ1n) is 10.3. The molecule has 0 spiro atoms. The molecular weight excluding hydrogens is 376 g/mol. The van der Waals surface area contributed by atoms with Gasteiger partial charge in [0.05, 0.1) is 26.1 Å². The Hall–Kier alpha value is -1.26. The molecular formula is C20H42N4O5. The lowest BCUT2D eigenvalue weighted by atomic mass is 10.4. The van der Waals surface area contributed by atoms with Gasteiger partial charge in [0.25, 0.3) is 0 Å². The number of hydrogen-bond acceptors (Lipinski definition) is 9. The summed E-state index contributed by atoms with van der Waals surface area (Å²) >= 11 is 0. The van der Waals surface area contributed by atoms with E-state index in [0.29, 0.717) is 39.1 Å². The van der Waals surface area contributed by atoms with Crippen LogP contribution in [0.15, 0.2) is 0 Å². The SMILES string of the molecule is CN(C)CCN(C)CCC(=O)OCCOCCOC(=O)CCN(C)CCN(C)C. The first kappa shape index (κ1) is 27.7. The quantitative estimate of drug-likeness (QED) is 0.223. The second kappa shape index (κ2) is 17.6. The predicted molar refractivity (Wildman–Crippen MR) is 114 cm³/mol. The fraction of sp³-hybridized carbons (Fsp3) is 0.900. The number of nitrogens with zero attached hydrogens (tertiary/aromatic N) is 4. The number of esters is 2. The minimum absolute atomic E-state index is 0.213. The molecule has 0 rings (SSSR count). The Bertz CT molecular complexity index is 397. The van der Waals surface area contributed by atoms with Crippen LogP contribution in [0.4, 0.5) is 0 Å². The molecule has 0 aromatic heterocycles. The van der Waals surface area contributed by atoms with Crippen molar-refractivity contribution in [2.75, 3.05) is 108 Å². The maximum Gasteiger partial charge on any atom is 0.307 e. The topological polar surface area (TPSA) is 74.8 Å². The Kier molecular flexibility index (Phi) is 16.8. The lowest BCUT2D eigenvalue weighted by molar-refractivity contribution is -0.147. The van der Waals surface area contributed by atoms with E-state index in [2.05, 4.69) is 19.6 Å². The summed E-state index contributed by atoms with van der Waals surface area (Å²) in [7, 11) is 12.1. The third-order valence-electron chi connectivity index (χ3n) is 4.23. The van der Waals surface area contributed by atoms with Crippen LogP contribution in [-0.4, -0.2) is 140 Å². The van der Waals surface area contributed by atoms with Gasteiger partial charge >= 0.3 is 11.9 Å². The Balaban J connectivity index is 3.51. The van der Waals surface area contributed by atoms with Gasteiger partial charge in [-0.3, -0.25) is 9.59 Å². The first-order chi connectivity index (χ1) is 13.7. The van der Waals surface area contributed by atoms with Gasteiger partial charge in [-0.1, -0.05) is 0 Å². The Morgan fingerprint density at radius 1 is 0.552 bits per heavy atom. The van der Waals surface area contributed by atoms with E-state index in [4.69, 9.17) is 14.2 Å². The first-order valence-corrected chi connectivity index (χ1v) is 10.3. The highest BCUT2D eigenvalue weighted by Gasteiger charge is 2.07. The van der Waals surface area contributed by atoms with Gasteiger partial charge in [0, 0.05) is 39.3 Å². The summed E-state index contributed by atoms with van der Waals surface area (Å²) in [5.74, 6) is -0.453. The van der Waals surface area contributed by atoms with Crippen LogP contribution >= 0.6 is 0 Å². The molecule has 0 N–H and O–H groups in total. The van der Waals surface area contributed by atoms with Crippen LogP contribution in [0.1, 0.15) is 12.8 Å². The summed E-state index contributed by atoms with van der Waals surface area (Å²) in [4.78, 5) is 31.8. The minimum atomic E-state index is -0.227. The summed E-state index contributed by atoms with van der Waals surface area (Å²) in [5.41, 5.74) is 0. The molecule has 0 aliphatic carbocycles. The molecule has 9 nitrogen and oxygen atoms in total. The second-order valence-electron chi connectivity index (χ2n) is 7.77. The third kappa shape index (κ3) is 19.8. The van der Waals surface area contributed by atoms with Gasteiger partial charge in [-0.15, -0.1) is 0 Å². The van der Waals surface area contributed by atoms with Gasteiger partial charge in [0.1, 0.15) is 13.2 Å².